The zero-order valence-corrected chi connectivity index (χ0v) is 17.2. The maximum Gasteiger partial charge on any atom is 0.416 e. The van der Waals surface area contributed by atoms with E-state index >= 15 is 0 Å². The molecule has 1 aliphatic rings. The summed E-state index contributed by atoms with van der Waals surface area (Å²) in [6.45, 7) is -0.386. The Morgan fingerprint density at radius 1 is 1.00 bits per heavy atom. The summed E-state index contributed by atoms with van der Waals surface area (Å²) < 4.78 is 45.6. The lowest BCUT2D eigenvalue weighted by atomic mass is 10.2. The van der Waals surface area contributed by atoms with Crippen LogP contribution in [0.1, 0.15) is 5.56 Å². The van der Waals surface area contributed by atoms with Crippen LogP contribution in [0, 0.1) is 5.21 Å². The van der Waals surface area contributed by atoms with E-state index in [2.05, 4.69) is 4.98 Å². The van der Waals surface area contributed by atoms with Gasteiger partial charge in [0.15, 0.2) is 0 Å². The van der Waals surface area contributed by atoms with Crippen LogP contribution in [0.15, 0.2) is 73.1 Å². The Balaban J connectivity index is 1.37. The van der Waals surface area contributed by atoms with Crippen LogP contribution in [0.5, 0.6) is 11.5 Å². The van der Waals surface area contributed by atoms with Crippen LogP contribution in [0.3, 0.4) is 0 Å². The maximum atomic E-state index is 13.0. The summed E-state index contributed by atoms with van der Waals surface area (Å²) in [6, 6.07) is 12.8. The van der Waals surface area contributed by atoms with E-state index in [-0.39, 0.29) is 17.9 Å². The van der Waals surface area contributed by atoms with Crippen molar-refractivity contribution in [2.45, 2.75) is 6.18 Å². The lowest BCUT2D eigenvalue weighted by Gasteiger charge is -2.18. The predicted octanol–water partition coefficient (Wildman–Crippen LogP) is 4.59. The van der Waals surface area contributed by atoms with Crippen molar-refractivity contribution in [3.8, 4) is 11.5 Å². The van der Waals surface area contributed by atoms with Gasteiger partial charge in [0.25, 0.3) is 11.6 Å². The number of aromatic amines is 1. The summed E-state index contributed by atoms with van der Waals surface area (Å²) in [4.78, 5) is 30.1. The minimum atomic E-state index is -4.57. The van der Waals surface area contributed by atoms with E-state index < -0.39 is 23.7 Å². The molecule has 1 aliphatic heterocycles. The minimum Gasteiger partial charge on any atom is -0.711 e. The fourth-order valence-corrected chi connectivity index (χ4v) is 3.73. The maximum absolute atomic E-state index is 13.0. The minimum absolute atomic E-state index is 0.0224. The molecule has 1 fully saturated rings. The first-order valence-corrected chi connectivity index (χ1v) is 10.0. The summed E-state index contributed by atoms with van der Waals surface area (Å²) in [5.41, 5.74) is -0.359. The summed E-state index contributed by atoms with van der Waals surface area (Å²) in [5.74, 6) is 0.247. The van der Waals surface area contributed by atoms with E-state index in [0.717, 1.165) is 21.9 Å². The monoisotopic (exact) mass is 468 g/mol. The number of benzene rings is 2. The fraction of sp³-hybridized carbons (Fsp3) is 0.0870. The number of alkyl halides is 3. The quantitative estimate of drug-likeness (QED) is 0.270. The summed E-state index contributed by atoms with van der Waals surface area (Å²) >= 11 is 0. The number of fused-ring (bicyclic) bond motifs is 1. The van der Waals surface area contributed by atoms with Gasteiger partial charge >= 0.3 is 12.2 Å². The van der Waals surface area contributed by atoms with Crippen molar-refractivity contribution < 1.29 is 32.2 Å². The van der Waals surface area contributed by atoms with Crippen molar-refractivity contribution in [2.75, 3.05) is 16.3 Å². The number of aromatic nitrogens is 2. The second kappa shape index (κ2) is 7.80. The molecule has 3 amide bonds. The fourth-order valence-electron chi connectivity index (χ4n) is 3.73. The molecule has 2 aromatic carbocycles. The molecule has 0 bridgehead atoms. The molecule has 0 radical (unpaired) electrons. The number of halogens is 3. The van der Waals surface area contributed by atoms with Crippen LogP contribution in [0.25, 0.3) is 11.0 Å². The number of amides is 3. The number of hydrogen-bond donors (Lipinski definition) is 1. The molecule has 0 atom stereocenters. The van der Waals surface area contributed by atoms with Crippen LogP contribution < -0.4 is 19.3 Å². The highest BCUT2D eigenvalue weighted by atomic mass is 19.4. The Hall–Kier alpha value is -4.54. The number of ether oxygens (including phenoxy) is 1. The Kier molecular flexibility index (Phi) is 4.89. The molecule has 1 N–H and O–H groups in total. The van der Waals surface area contributed by atoms with Crippen molar-refractivity contribution in [3.63, 3.8) is 0 Å². The van der Waals surface area contributed by atoms with Gasteiger partial charge in [-0.05, 0) is 48.5 Å². The zero-order chi connectivity index (χ0) is 24.0. The van der Waals surface area contributed by atoms with Crippen molar-refractivity contribution in [1.29, 1.82) is 0 Å². The Morgan fingerprint density at radius 3 is 2.50 bits per heavy atom. The number of hydrogen-bond acceptors (Lipinski definition) is 4. The van der Waals surface area contributed by atoms with Crippen LogP contribution in [0.4, 0.5) is 29.3 Å². The molecule has 3 heterocycles. The number of carbonyl (C=O) groups excluding carboxylic acids is 2. The molecule has 2 aromatic heterocycles. The average molecular weight is 468 g/mol. The summed E-state index contributed by atoms with van der Waals surface area (Å²) in [6.07, 6.45) is -1.67. The van der Waals surface area contributed by atoms with E-state index in [1.54, 1.807) is 24.4 Å². The molecule has 0 aliphatic carbocycles. The average Bonchev–Trinajstić information content (AvgIpc) is 3.41. The van der Waals surface area contributed by atoms with Gasteiger partial charge < -0.3 is 9.94 Å². The van der Waals surface area contributed by atoms with Gasteiger partial charge in [0.05, 0.1) is 23.6 Å². The van der Waals surface area contributed by atoms with Crippen molar-refractivity contribution in [3.05, 3.63) is 83.8 Å². The lowest BCUT2D eigenvalue weighted by Crippen LogP contribution is -2.33. The van der Waals surface area contributed by atoms with E-state index in [1.165, 1.54) is 36.5 Å². The normalized spacial score (nSPS) is 14.3. The van der Waals surface area contributed by atoms with Crippen LogP contribution >= 0.6 is 0 Å². The number of H-pyrrole nitrogens is 1. The Morgan fingerprint density at radius 2 is 1.76 bits per heavy atom. The van der Waals surface area contributed by atoms with Gasteiger partial charge in [-0.2, -0.15) is 13.2 Å². The number of rotatable bonds is 4. The van der Waals surface area contributed by atoms with Gasteiger partial charge in [0, 0.05) is 11.8 Å². The SMILES string of the molecule is O=C1CN(c2cccc(C(F)(F)F)c2)C(=O)N1c1ccc(Oc2cc[n+]([O-])c3[nH]ccc23)cc1. The first-order valence-electron chi connectivity index (χ1n) is 10.0. The van der Waals surface area contributed by atoms with Crippen molar-refractivity contribution >= 4 is 34.3 Å². The topological polar surface area (TPSA) is 92.6 Å². The third-order valence-electron chi connectivity index (χ3n) is 5.35. The molecule has 172 valence electrons. The number of carbonyl (C=O) groups is 2. The number of nitrogens with one attached hydrogen (secondary N) is 1. The number of urea groups is 1. The Labute approximate surface area is 190 Å². The Bertz CT molecular complexity index is 1420. The van der Waals surface area contributed by atoms with E-state index in [0.29, 0.717) is 27.3 Å². The molecular weight excluding hydrogens is 453 g/mol. The lowest BCUT2D eigenvalue weighted by molar-refractivity contribution is -0.579. The molecule has 11 heteroatoms. The smallest absolute Gasteiger partial charge is 0.416 e. The molecule has 8 nitrogen and oxygen atoms in total. The summed E-state index contributed by atoms with van der Waals surface area (Å²) in [7, 11) is 0. The first kappa shape index (κ1) is 21.3. The third kappa shape index (κ3) is 3.66. The van der Waals surface area contributed by atoms with Gasteiger partial charge in [0.2, 0.25) is 0 Å². The molecule has 0 saturated carbocycles. The predicted molar refractivity (Wildman–Crippen MR) is 115 cm³/mol. The highest BCUT2D eigenvalue weighted by Gasteiger charge is 2.39. The highest BCUT2D eigenvalue weighted by Crippen LogP contribution is 2.34. The van der Waals surface area contributed by atoms with Gasteiger partial charge in [-0.15, -0.1) is 0 Å². The van der Waals surface area contributed by atoms with Crippen molar-refractivity contribution in [2.24, 2.45) is 0 Å². The highest BCUT2D eigenvalue weighted by molar-refractivity contribution is 6.26. The molecule has 1 saturated heterocycles. The number of nitrogens with zero attached hydrogens (tertiary/aromatic N) is 3. The number of pyridine rings is 1. The van der Waals surface area contributed by atoms with Gasteiger partial charge in [-0.3, -0.25) is 9.69 Å². The molecule has 5 rings (SSSR count). The van der Waals surface area contributed by atoms with Gasteiger partial charge in [0.1, 0.15) is 23.4 Å². The largest absolute Gasteiger partial charge is 0.711 e. The van der Waals surface area contributed by atoms with Crippen LogP contribution in [-0.4, -0.2) is 23.5 Å². The second-order valence-electron chi connectivity index (χ2n) is 7.49. The number of anilines is 2. The molecule has 34 heavy (non-hydrogen) atoms. The van der Waals surface area contributed by atoms with Gasteiger partial charge in [-0.1, -0.05) is 6.07 Å². The number of imide groups is 1. The third-order valence-corrected chi connectivity index (χ3v) is 5.35. The van der Waals surface area contributed by atoms with E-state index in [9.17, 15) is 28.0 Å². The molecule has 4 aromatic rings. The van der Waals surface area contributed by atoms with Crippen molar-refractivity contribution in [1.82, 2.24) is 4.98 Å². The summed E-state index contributed by atoms with van der Waals surface area (Å²) in [5, 5.41) is 12.4. The van der Waals surface area contributed by atoms with E-state index in [1.807, 2.05) is 0 Å². The molecule has 0 unspecified atom stereocenters. The standard InChI is InChI=1S/C23H15F3N4O4/c24-23(25,26)14-2-1-3-16(12-14)28-13-20(31)30(22(28)32)15-4-6-17(7-5-15)34-19-9-11-29(33)21-18(19)8-10-27-21/h1-12,27H,13H2. The van der Waals surface area contributed by atoms with Crippen LogP contribution in [-0.2, 0) is 11.0 Å². The second-order valence-corrected chi connectivity index (χ2v) is 7.49. The molecular formula is C23H15F3N4O4. The van der Waals surface area contributed by atoms with Crippen LogP contribution in [0.2, 0.25) is 0 Å². The zero-order valence-electron chi connectivity index (χ0n) is 17.2. The van der Waals surface area contributed by atoms with Gasteiger partial charge in [-0.25, -0.2) is 19.4 Å². The first-order chi connectivity index (χ1) is 16.2. The molecule has 0 spiro atoms. The van der Waals surface area contributed by atoms with E-state index in [4.69, 9.17) is 4.74 Å².